The number of benzene rings is 4. The third-order valence-corrected chi connectivity index (χ3v) is 8.29. The predicted molar refractivity (Wildman–Crippen MR) is 182 cm³/mol. The second kappa shape index (κ2) is 16.0. The summed E-state index contributed by atoms with van der Waals surface area (Å²) in [6.45, 7) is 1.50. The first-order valence-corrected chi connectivity index (χ1v) is 15.3. The minimum Gasteiger partial charge on any atom is -0.478 e. The van der Waals surface area contributed by atoms with Gasteiger partial charge in [-0.2, -0.15) is 5.21 Å². The van der Waals surface area contributed by atoms with Gasteiger partial charge in [0.2, 0.25) is 11.7 Å². The van der Waals surface area contributed by atoms with Gasteiger partial charge in [0.15, 0.2) is 5.75 Å². The molecule has 12 nitrogen and oxygen atoms in total. The number of nitrogens with zero attached hydrogens (tertiary/aromatic N) is 5. The van der Waals surface area contributed by atoms with Gasteiger partial charge < -0.3 is 20.2 Å². The van der Waals surface area contributed by atoms with Crippen molar-refractivity contribution in [1.82, 2.24) is 20.6 Å². The maximum atomic E-state index is 12.2. The minimum atomic E-state index is -1.08. The zero-order chi connectivity index (χ0) is 33.2. The van der Waals surface area contributed by atoms with Crippen LogP contribution in [0.1, 0.15) is 17.3 Å². The van der Waals surface area contributed by atoms with Crippen molar-refractivity contribution in [1.29, 1.82) is 0 Å². The van der Waals surface area contributed by atoms with E-state index in [1.54, 1.807) is 72.6 Å². The molecule has 0 atom stereocenters. The van der Waals surface area contributed by atoms with Crippen molar-refractivity contribution in [3.05, 3.63) is 111 Å². The number of anilines is 3. The summed E-state index contributed by atoms with van der Waals surface area (Å²) < 4.78 is 1.81. The summed E-state index contributed by atoms with van der Waals surface area (Å²) in [5.41, 5.74) is 2.34. The number of H-pyrrole nitrogens is 1. The highest BCUT2D eigenvalue weighted by Gasteiger charge is 2.20. The molecule has 0 unspecified atom stereocenters. The molecular formula is C31H26Br2ClN7O5. The number of aromatic amines is 1. The van der Waals surface area contributed by atoms with Crippen LogP contribution in [0.15, 0.2) is 99.9 Å². The van der Waals surface area contributed by atoms with Crippen LogP contribution >= 0.6 is 43.5 Å². The van der Waals surface area contributed by atoms with Gasteiger partial charge in [-0.15, -0.1) is 15.3 Å². The molecule has 1 heterocycles. The molecule has 2 amide bonds. The lowest BCUT2D eigenvalue weighted by Gasteiger charge is -2.22. The first kappa shape index (κ1) is 34.1. The molecule has 0 saturated heterocycles. The Morgan fingerprint density at radius 1 is 0.957 bits per heavy atom. The van der Waals surface area contributed by atoms with E-state index >= 15 is 0 Å². The van der Waals surface area contributed by atoms with Crippen LogP contribution in [0.2, 0.25) is 5.02 Å². The number of aromatic carboxylic acids is 1. The van der Waals surface area contributed by atoms with Gasteiger partial charge in [0.1, 0.15) is 0 Å². The van der Waals surface area contributed by atoms with Crippen molar-refractivity contribution in [3.8, 4) is 17.1 Å². The van der Waals surface area contributed by atoms with Gasteiger partial charge in [-0.05, 0) is 104 Å². The van der Waals surface area contributed by atoms with Gasteiger partial charge in [-0.3, -0.25) is 9.59 Å². The van der Waals surface area contributed by atoms with E-state index in [0.29, 0.717) is 27.8 Å². The van der Waals surface area contributed by atoms with E-state index in [1.807, 2.05) is 24.3 Å². The molecule has 5 aromatic rings. The number of hydrogen-bond acceptors (Lipinski definition) is 8. The van der Waals surface area contributed by atoms with Crippen LogP contribution in [0.5, 0.6) is 5.75 Å². The van der Waals surface area contributed by atoms with Crippen LogP contribution in [0.25, 0.3) is 11.4 Å². The number of amides is 2. The normalized spacial score (nSPS) is 10.3. The lowest BCUT2D eigenvalue weighted by Crippen LogP contribution is -2.32. The Hall–Kier alpha value is -4.79. The molecule has 0 aliphatic rings. The molecule has 46 heavy (non-hydrogen) atoms. The zero-order valence-corrected chi connectivity index (χ0v) is 28.2. The van der Waals surface area contributed by atoms with Crippen LogP contribution in [0.4, 0.5) is 17.1 Å². The molecule has 4 aromatic carbocycles. The summed E-state index contributed by atoms with van der Waals surface area (Å²) in [5.74, 6) is -0.818. The molecule has 0 aliphatic carbocycles. The lowest BCUT2D eigenvalue weighted by atomic mass is 10.1. The Morgan fingerprint density at radius 2 is 1.65 bits per heavy atom. The molecule has 236 valence electrons. The van der Waals surface area contributed by atoms with Gasteiger partial charge in [-0.1, -0.05) is 35.9 Å². The number of likely N-dealkylation sites (N-methyl/N-ethyl adjacent to an activating group) is 1. The standard InChI is InChI=1S/C16H14Br2N2O3.C15H12ClN5O2/c1-20(10-6-7-12(17)13(18)8-10)9-15(21)19-14-5-3-2-4-11(14)16(22)23;1-10(22)21(23-12-8-6-11(16)7-9-12)14-5-3-2-4-13(14)15-17-19-20-18-15/h2-8H,9H2,1H3,(H,19,21)(H,22,23);2-9H,1H3,(H,17,18,19,20). The number of carboxylic acids is 1. The highest BCUT2D eigenvalue weighted by molar-refractivity contribution is 9.13. The zero-order valence-electron chi connectivity index (χ0n) is 24.3. The summed E-state index contributed by atoms with van der Waals surface area (Å²) in [4.78, 5) is 42.8. The molecule has 1 aromatic heterocycles. The fourth-order valence-electron chi connectivity index (χ4n) is 4.00. The molecule has 15 heteroatoms. The number of aromatic nitrogens is 4. The van der Waals surface area contributed by atoms with Gasteiger partial charge in [0.05, 0.1) is 29.0 Å². The van der Waals surface area contributed by atoms with Gasteiger partial charge in [0, 0.05) is 33.6 Å². The number of rotatable bonds is 9. The number of tetrazole rings is 1. The monoisotopic (exact) mass is 769 g/mol. The summed E-state index contributed by atoms with van der Waals surface area (Å²) in [6.07, 6.45) is 0. The Morgan fingerprint density at radius 3 is 2.30 bits per heavy atom. The third kappa shape index (κ3) is 9.12. The number of hydroxylamine groups is 1. The first-order chi connectivity index (χ1) is 22.0. The highest BCUT2D eigenvalue weighted by atomic mass is 79.9. The summed E-state index contributed by atoms with van der Waals surface area (Å²) in [6, 6.07) is 25.8. The van der Waals surface area contributed by atoms with E-state index < -0.39 is 5.97 Å². The summed E-state index contributed by atoms with van der Waals surface area (Å²) in [5, 5.41) is 27.3. The van der Waals surface area contributed by atoms with Crippen LogP contribution in [-0.2, 0) is 9.59 Å². The van der Waals surface area contributed by atoms with Crippen molar-refractivity contribution in [2.75, 3.05) is 28.9 Å². The highest BCUT2D eigenvalue weighted by Crippen LogP contribution is 2.30. The molecule has 0 aliphatic heterocycles. The van der Waals surface area contributed by atoms with Crippen molar-refractivity contribution < 1.29 is 24.3 Å². The smallest absolute Gasteiger partial charge is 0.337 e. The fourth-order valence-corrected chi connectivity index (χ4v) is 4.74. The molecule has 0 bridgehead atoms. The van der Waals surface area contributed by atoms with E-state index in [0.717, 1.165) is 14.6 Å². The van der Waals surface area contributed by atoms with Crippen molar-refractivity contribution >= 4 is 78.3 Å². The second-order valence-corrected chi connectivity index (χ2v) is 11.6. The fraction of sp³-hybridized carbons (Fsp3) is 0.0968. The SMILES string of the molecule is CC(=O)N(Oc1ccc(Cl)cc1)c1ccccc1-c1nn[nH]n1.CN(CC(=O)Nc1ccccc1C(=O)O)c1ccc(Br)c(Br)c1. The molecule has 0 fully saturated rings. The van der Waals surface area contributed by atoms with E-state index in [1.165, 1.54) is 18.1 Å². The average Bonchev–Trinajstić information content (AvgIpc) is 3.57. The van der Waals surface area contributed by atoms with Crippen LogP contribution < -0.4 is 20.1 Å². The van der Waals surface area contributed by atoms with Crippen LogP contribution in [0, 0.1) is 0 Å². The van der Waals surface area contributed by atoms with Gasteiger partial charge >= 0.3 is 5.97 Å². The van der Waals surface area contributed by atoms with E-state index in [4.69, 9.17) is 21.5 Å². The van der Waals surface area contributed by atoms with Crippen molar-refractivity contribution in [3.63, 3.8) is 0 Å². The Labute approximate surface area is 285 Å². The largest absolute Gasteiger partial charge is 0.478 e. The predicted octanol–water partition coefficient (Wildman–Crippen LogP) is 6.85. The van der Waals surface area contributed by atoms with Crippen LogP contribution in [-0.4, -0.2) is 57.1 Å². The van der Waals surface area contributed by atoms with Crippen molar-refractivity contribution in [2.24, 2.45) is 0 Å². The number of carbonyl (C=O) groups is 3. The minimum absolute atomic E-state index is 0.0647. The number of hydrogen-bond donors (Lipinski definition) is 3. The average molecular weight is 772 g/mol. The molecular weight excluding hydrogens is 746 g/mol. The van der Waals surface area contributed by atoms with Gasteiger partial charge in [0.25, 0.3) is 5.91 Å². The number of carbonyl (C=O) groups excluding carboxylic acids is 2. The Bertz CT molecular complexity index is 1820. The molecule has 0 radical (unpaired) electrons. The Balaban J connectivity index is 0.000000209. The van der Waals surface area contributed by atoms with Gasteiger partial charge in [-0.25, -0.2) is 4.79 Å². The van der Waals surface area contributed by atoms with E-state index in [9.17, 15) is 14.4 Å². The molecule has 0 saturated carbocycles. The quantitative estimate of drug-likeness (QED) is 0.137. The number of nitrogens with one attached hydrogen (secondary N) is 2. The number of halogens is 3. The number of para-hydroxylation sites is 2. The lowest BCUT2D eigenvalue weighted by molar-refractivity contribution is -0.120. The molecule has 3 N–H and O–H groups in total. The van der Waals surface area contributed by atoms with Crippen molar-refractivity contribution in [2.45, 2.75) is 6.92 Å². The summed E-state index contributed by atoms with van der Waals surface area (Å²) in [7, 11) is 1.79. The van der Waals surface area contributed by atoms with E-state index in [-0.39, 0.29) is 29.6 Å². The van der Waals surface area contributed by atoms with E-state index in [2.05, 4.69) is 57.8 Å². The molecule has 0 spiro atoms. The van der Waals surface area contributed by atoms with Crippen LogP contribution in [0.3, 0.4) is 0 Å². The third-order valence-electron chi connectivity index (χ3n) is 6.16. The molecule has 5 rings (SSSR count). The first-order valence-electron chi connectivity index (χ1n) is 13.4. The topological polar surface area (TPSA) is 154 Å². The summed E-state index contributed by atoms with van der Waals surface area (Å²) >= 11 is 12.7. The Kier molecular flexibility index (Phi) is 11.8. The maximum Gasteiger partial charge on any atom is 0.337 e. The number of carboxylic acid groups (broad SMARTS) is 1. The maximum absolute atomic E-state index is 12.2. The second-order valence-electron chi connectivity index (χ2n) is 9.46.